The fraction of sp³-hybridized carbons (Fsp3) is 0.188. The molecule has 0 radical (unpaired) electrons. The van der Waals surface area contributed by atoms with Crippen LogP contribution in [0, 0.1) is 20.8 Å². The van der Waals surface area contributed by atoms with Crippen LogP contribution in [-0.2, 0) is 0 Å². The Bertz CT molecular complexity index is 799. The number of hydrogen-bond donors (Lipinski definition) is 1. The number of nitrogens with zero attached hydrogens (tertiary/aromatic N) is 2. The highest BCUT2D eigenvalue weighted by molar-refractivity contribution is 5.95. The summed E-state index contributed by atoms with van der Waals surface area (Å²) in [5.41, 5.74) is 3.11. The Labute approximate surface area is 127 Å². The van der Waals surface area contributed by atoms with Gasteiger partial charge >= 0.3 is 5.97 Å². The maximum absolute atomic E-state index is 12.3. The molecule has 3 rings (SSSR count). The average Bonchev–Trinajstić information content (AvgIpc) is 3.07. The second kappa shape index (κ2) is 5.48. The van der Waals surface area contributed by atoms with Crippen molar-refractivity contribution in [3.8, 4) is 17.2 Å². The van der Waals surface area contributed by atoms with Crippen molar-refractivity contribution in [3.05, 3.63) is 53.2 Å². The predicted molar refractivity (Wildman–Crippen MR) is 79.7 cm³/mol. The SMILES string of the molecule is Cc1cc(C)cc(-c2oc(C)nc2C(=O)Oc2ccn[nH]2)c1. The van der Waals surface area contributed by atoms with Gasteiger partial charge in [0, 0.05) is 18.6 Å². The van der Waals surface area contributed by atoms with E-state index in [1.807, 2.05) is 26.0 Å². The number of aromatic nitrogens is 3. The summed E-state index contributed by atoms with van der Waals surface area (Å²) >= 11 is 0. The summed E-state index contributed by atoms with van der Waals surface area (Å²) < 4.78 is 10.8. The first-order valence-electron chi connectivity index (χ1n) is 6.80. The number of rotatable bonds is 3. The monoisotopic (exact) mass is 297 g/mol. The fourth-order valence-electron chi connectivity index (χ4n) is 2.32. The number of benzene rings is 1. The van der Waals surface area contributed by atoms with Crippen molar-refractivity contribution in [2.45, 2.75) is 20.8 Å². The molecule has 0 aliphatic rings. The van der Waals surface area contributed by atoms with Crippen LogP contribution in [0.2, 0.25) is 0 Å². The maximum atomic E-state index is 12.3. The standard InChI is InChI=1S/C16H15N3O3/c1-9-6-10(2)8-12(7-9)15-14(18-11(3)21-15)16(20)22-13-4-5-17-19-13/h4-8H,1-3H3,(H,17,19). The van der Waals surface area contributed by atoms with Gasteiger partial charge in [-0.2, -0.15) is 5.10 Å². The van der Waals surface area contributed by atoms with Gasteiger partial charge in [0.05, 0.1) is 6.20 Å². The lowest BCUT2D eigenvalue weighted by atomic mass is 10.0. The van der Waals surface area contributed by atoms with Crippen LogP contribution < -0.4 is 4.74 Å². The van der Waals surface area contributed by atoms with Crippen LogP contribution in [0.25, 0.3) is 11.3 Å². The summed E-state index contributed by atoms with van der Waals surface area (Å²) in [4.78, 5) is 16.4. The number of ether oxygens (including phenoxy) is 1. The Morgan fingerprint density at radius 3 is 2.55 bits per heavy atom. The second-order valence-electron chi connectivity index (χ2n) is 5.10. The molecule has 0 saturated carbocycles. The summed E-state index contributed by atoms with van der Waals surface area (Å²) in [6.07, 6.45) is 1.50. The van der Waals surface area contributed by atoms with E-state index < -0.39 is 5.97 Å². The van der Waals surface area contributed by atoms with Crippen molar-refractivity contribution < 1.29 is 13.9 Å². The van der Waals surface area contributed by atoms with E-state index >= 15 is 0 Å². The predicted octanol–water partition coefficient (Wildman–Crippen LogP) is 3.21. The number of aryl methyl sites for hydroxylation is 3. The molecule has 2 heterocycles. The summed E-state index contributed by atoms with van der Waals surface area (Å²) in [6, 6.07) is 7.50. The fourth-order valence-corrected chi connectivity index (χ4v) is 2.32. The van der Waals surface area contributed by atoms with Gasteiger partial charge in [0.25, 0.3) is 0 Å². The van der Waals surface area contributed by atoms with Gasteiger partial charge in [-0.05, 0) is 26.0 Å². The first-order valence-corrected chi connectivity index (χ1v) is 6.80. The molecule has 0 aliphatic carbocycles. The Kier molecular flexibility index (Phi) is 3.50. The Morgan fingerprint density at radius 1 is 1.18 bits per heavy atom. The third kappa shape index (κ3) is 2.76. The number of aromatic amines is 1. The van der Waals surface area contributed by atoms with Gasteiger partial charge in [-0.3, -0.25) is 0 Å². The zero-order valence-corrected chi connectivity index (χ0v) is 12.5. The van der Waals surface area contributed by atoms with Crippen molar-refractivity contribution in [2.24, 2.45) is 0 Å². The molecule has 6 nitrogen and oxygen atoms in total. The van der Waals surface area contributed by atoms with Crippen molar-refractivity contribution in [3.63, 3.8) is 0 Å². The number of oxazole rings is 1. The van der Waals surface area contributed by atoms with Gasteiger partial charge in [0.1, 0.15) is 0 Å². The molecular formula is C16H15N3O3. The van der Waals surface area contributed by atoms with Crippen LogP contribution in [0.1, 0.15) is 27.5 Å². The molecule has 2 aromatic heterocycles. The molecule has 0 spiro atoms. The second-order valence-corrected chi connectivity index (χ2v) is 5.10. The zero-order valence-electron chi connectivity index (χ0n) is 12.5. The van der Waals surface area contributed by atoms with Crippen LogP contribution in [-0.4, -0.2) is 21.2 Å². The van der Waals surface area contributed by atoms with Crippen LogP contribution in [0.15, 0.2) is 34.9 Å². The molecule has 0 saturated heterocycles. The van der Waals surface area contributed by atoms with E-state index in [0.29, 0.717) is 11.7 Å². The average molecular weight is 297 g/mol. The molecule has 0 atom stereocenters. The summed E-state index contributed by atoms with van der Waals surface area (Å²) in [6.45, 7) is 5.67. The lowest BCUT2D eigenvalue weighted by Crippen LogP contribution is -2.10. The summed E-state index contributed by atoms with van der Waals surface area (Å²) in [5, 5.41) is 6.30. The van der Waals surface area contributed by atoms with Crippen LogP contribution in [0.5, 0.6) is 5.88 Å². The third-order valence-electron chi connectivity index (χ3n) is 3.09. The molecular weight excluding hydrogens is 282 g/mol. The molecule has 6 heteroatoms. The third-order valence-corrected chi connectivity index (χ3v) is 3.09. The van der Waals surface area contributed by atoms with Gasteiger partial charge in [0.2, 0.25) is 5.88 Å². The highest BCUT2D eigenvalue weighted by Gasteiger charge is 2.22. The minimum Gasteiger partial charge on any atom is -0.440 e. The highest BCUT2D eigenvalue weighted by Crippen LogP contribution is 2.27. The number of carbonyl (C=O) groups is 1. The Hall–Kier alpha value is -2.89. The first-order chi connectivity index (χ1) is 10.5. The molecule has 0 fully saturated rings. The van der Waals surface area contributed by atoms with E-state index in [-0.39, 0.29) is 11.6 Å². The lowest BCUT2D eigenvalue weighted by Gasteiger charge is -2.04. The first kappa shape index (κ1) is 14.1. The molecule has 0 unspecified atom stereocenters. The smallest absolute Gasteiger partial charge is 0.367 e. The normalized spacial score (nSPS) is 10.7. The largest absolute Gasteiger partial charge is 0.440 e. The molecule has 3 aromatic rings. The number of nitrogens with one attached hydrogen (secondary N) is 1. The van der Waals surface area contributed by atoms with Gasteiger partial charge in [-0.25, -0.2) is 14.9 Å². The van der Waals surface area contributed by atoms with E-state index in [1.165, 1.54) is 6.20 Å². The Balaban J connectivity index is 2.00. The number of H-pyrrole nitrogens is 1. The number of carbonyl (C=O) groups excluding carboxylic acids is 1. The lowest BCUT2D eigenvalue weighted by molar-refractivity contribution is 0.0722. The summed E-state index contributed by atoms with van der Waals surface area (Å²) in [5.74, 6) is 0.492. The minimum atomic E-state index is -0.588. The maximum Gasteiger partial charge on any atom is 0.367 e. The zero-order chi connectivity index (χ0) is 15.7. The minimum absolute atomic E-state index is 0.150. The van der Waals surface area contributed by atoms with E-state index in [0.717, 1.165) is 16.7 Å². The van der Waals surface area contributed by atoms with Crippen molar-refractivity contribution in [2.75, 3.05) is 0 Å². The van der Waals surface area contributed by atoms with Crippen LogP contribution >= 0.6 is 0 Å². The number of esters is 1. The summed E-state index contributed by atoms with van der Waals surface area (Å²) in [7, 11) is 0. The van der Waals surface area contributed by atoms with E-state index in [2.05, 4.69) is 21.2 Å². The molecule has 1 N–H and O–H groups in total. The highest BCUT2D eigenvalue weighted by atomic mass is 16.5. The molecule has 112 valence electrons. The van der Waals surface area contributed by atoms with Gasteiger partial charge in [-0.15, -0.1) is 0 Å². The van der Waals surface area contributed by atoms with Gasteiger partial charge in [-0.1, -0.05) is 17.2 Å². The number of hydrogen-bond acceptors (Lipinski definition) is 5. The molecule has 1 aromatic carbocycles. The van der Waals surface area contributed by atoms with E-state index in [4.69, 9.17) is 9.15 Å². The molecule has 0 aliphatic heterocycles. The quantitative estimate of drug-likeness (QED) is 0.751. The molecule has 22 heavy (non-hydrogen) atoms. The van der Waals surface area contributed by atoms with Crippen molar-refractivity contribution in [1.29, 1.82) is 0 Å². The van der Waals surface area contributed by atoms with Crippen molar-refractivity contribution in [1.82, 2.24) is 15.2 Å². The van der Waals surface area contributed by atoms with E-state index in [1.54, 1.807) is 13.0 Å². The van der Waals surface area contributed by atoms with Crippen LogP contribution in [0.4, 0.5) is 0 Å². The van der Waals surface area contributed by atoms with Crippen LogP contribution in [0.3, 0.4) is 0 Å². The van der Waals surface area contributed by atoms with Crippen molar-refractivity contribution >= 4 is 5.97 Å². The topological polar surface area (TPSA) is 81.0 Å². The molecule has 0 bridgehead atoms. The van der Waals surface area contributed by atoms with E-state index in [9.17, 15) is 4.79 Å². The van der Waals surface area contributed by atoms with Gasteiger partial charge < -0.3 is 9.15 Å². The molecule has 0 amide bonds. The Morgan fingerprint density at radius 2 is 1.91 bits per heavy atom. The van der Waals surface area contributed by atoms with Gasteiger partial charge in [0.15, 0.2) is 17.3 Å².